The molecule has 3 aromatic heterocycles. The molecule has 3 heterocycles. The second kappa shape index (κ2) is 12.2. The minimum absolute atomic E-state index is 0. The zero-order chi connectivity index (χ0) is 26.7. The summed E-state index contributed by atoms with van der Waals surface area (Å²) in [5, 5.41) is 3.71. The zero-order valence-electron chi connectivity index (χ0n) is 23.0. The summed E-state index contributed by atoms with van der Waals surface area (Å²) in [6.45, 7) is 11.5. The van der Waals surface area contributed by atoms with Crippen molar-refractivity contribution in [3.05, 3.63) is 115 Å². The maximum Gasteiger partial charge on any atom is 0.120 e. The van der Waals surface area contributed by atoms with Crippen LogP contribution in [0.15, 0.2) is 102 Å². The van der Waals surface area contributed by atoms with E-state index in [1.54, 1.807) is 6.20 Å². The SMILES string of the molecule is CC(C)c1ccnc(-c2[c-]ccc3c2oc2cc([Si](C)(C)C)ccc23)c1.[Ir].[c-]1ccccc1-c1ccccn1. The van der Waals surface area contributed by atoms with Crippen molar-refractivity contribution in [2.45, 2.75) is 39.4 Å². The van der Waals surface area contributed by atoms with E-state index in [0.717, 1.165) is 44.5 Å². The normalized spacial score (nSPS) is 11.2. The van der Waals surface area contributed by atoms with Gasteiger partial charge in [-0.25, -0.2) is 0 Å². The van der Waals surface area contributed by atoms with Gasteiger partial charge in [0.1, 0.15) is 5.58 Å². The van der Waals surface area contributed by atoms with Crippen molar-refractivity contribution in [1.82, 2.24) is 9.97 Å². The molecule has 5 heteroatoms. The molecule has 6 rings (SSSR count). The number of nitrogens with zero attached hydrogens (tertiary/aromatic N) is 2. The second-order valence-corrected chi connectivity index (χ2v) is 15.9. The number of benzene rings is 3. The molecule has 1 radical (unpaired) electrons. The van der Waals surface area contributed by atoms with Crippen molar-refractivity contribution in [3.63, 3.8) is 0 Å². The van der Waals surface area contributed by atoms with Crippen LogP contribution in [-0.2, 0) is 20.1 Å². The van der Waals surface area contributed by atoms with Gasteiger partial charge in [0, 0.05) is 37.9 Å². The van der Waals surface area contributed by atoms with Gasteiger partial charge < -0.3 is 14.4 Å². The molecule has 0 aliphatic carbocycles. The van der Waals surface area contributed by atoms with Crippen molar-refractivity contribution in [2.24, 2.45) is 0 Å². The molecule has 0 fully saturated rings. The van der Waals surface area contributed by atoms with Crippen molar-refractivity contribution in [3.8, 4) is 22.5 Å². The Kier molecular flexibility index (Phi) is 8.96. The summed E-state index contributed by atoms with van der Waals surface area (Å²) in [4.78, 5) is 8.80. The molecule has 0 unspecified atom stereocenters. The van der Waals surface area contributed by atoms with Gasteiger partial charge in [-0.3, -0.25) is 0 Å². The maximum absolute atomic E-state index is 6.33. The number of furan rings is 1. The molecule has 0 spiro atoms. The van der Waals surface area contributed by atoms with Gasteiger partial charge in [-0.15, -0.1) is 54.1 Å². The van der Waals surface area contributed by atoms with Gasteiger partial charge in [-0.05, 0) is 35.5 Å². The van der Waals surface area contributed by atoms with Gasteiger partial charge in [-0.1, -0.05) is 85.5 Å². The molecular weight excluding hydrogens is 673 g/mol. The van der Waals surface area contributed by atoms with Gasteiger partial charge in [0.15, 0.2) is 0 Å². The van der Waals surface area contributed by atoms with E-state index in [9.17, 15) is 0 Å². The quantitative estimate of drug-likeness (QED) is 0.136. The third-order valence-electron chi connectivity index (χ3n) is 6.66. The van der Waals surface area contributed by atoms with Crippen LogP contribution in [0.3, 0.4) is 0 Å². The molecule has 0 N–H and O–H groups in total. The summed E-state index contributed by atoms with van der Waals surface area (Å²) >= 11 is 0. The summed E-state index contributed by atoms with van der Waals surface area (Å²) < 4.78 is 6.33. The minimum Gasteiger partial charge on any atom is -0.501 e. The van der Waals surface area contributed by atoms with Crippen molar-refractivity contribution in [1.29, 1.82) is 0 Å². The van der Waals surface area contributed by atoms with E-state index in [-0.39, 0.29) is 20.1 Å². The summed E-state index contributed by atoms with van der Waals surface area (Å²) in [6, 6.07) is 35.2. The van der Waals surface area contributed by atoms with Crippen LogP contribution < -0.4 is 5.19 Å². The monoisotopic (exact) mass is 705 g/mol. The second-order valence-electron chi connectivity index (χ2n) is 10.8. The Morgan fingerprint density at radius 3 is 2.23 bits per heavy atom. The zero-order valence-corrected chi connectivity index (χ0v) is 26.3. The first-order valence-electron chi connectivity index (χ1n) is 13.0. The maximum atomic E-state index is 6.33. The average Bonchev–Trinajstić information content (AvgIpc) is 3.32. The molecule has 6 aromatic rings. The van der Waals surface area contributed by atoms with Crippen molar-refractivity contribution in [2.75, 3.05) is 0 Å². The third-order valence-corrected chi connectivity index (χ3v) is 8.70. The molecule has 3 nitrogen and oxygen atoms in total. The molecule has 3 aromatic carbocycles. The van der Waals surface area contributed by atoms with Gasteiger partial charge in [0.2, 0.25) is 0 Å². The van der Waals surface area contributed by atoms with Crippen LogP contribution in [0.25, 0.3) is 44.5 Å². The van der Waals surface area contributed by atoms with E-state index in [1.165, 1.54) is 10.8 Å². The summed E-state index contributed by atoms with van der Waals surface area (Å²) in [7, 11) is -1.38. The van der Waals surface area contributed by atoms with E-state index in [4.69, 9.17) is 4.42 Å². The number of hydrogen-bond donors (Lipinski definition) is 0. The molecule has 0 aliphatic heterocycles. The number of pyridine rings is 2. The van der Waals surface area contributed by atoms with Crippen LogP contribution in [-0.4, -0.2) is 18.0 Å². The Labute approximate surface area is 245 Å². The summed E-state index contributed by atoms with van der Waals surface area (Å²) in [5.74, 6) is 0.464. The molecule has 0 atom stereocenters. The van der Waals surface area contributed by atoms with E-state index in [2.05, 4.69) is 92.0 Å². The first-order chi connectivity index (χ1) is 18.3. The predicted molar refractivity (Wildman–Crippen MR) is 161 cm³/mol. The standard InChI is InChI=1S/C23H24NOSi.C11H8N.Ir/c1-15(2)16-11-12-24-21(13-16)20-8-6-7-19-18-10-9-17(26(3,4)5)14-22(18)25-23(19)20;1-2-6-10(7-3-1)11-8-4-5-9-12-11;/h6-7,9-15H,1-5H3;1-6,8-9H;/q2*-1;. The predicted octanol–water partition coefficient (Wildman–Crippen LogP) is 8.66. The molecular formula is C34H32IrN2OSi-2. The fraction of sp³-hybridized carbons (Fsp3) is 0.176. The Morgan fingerprint density at radius 1 is 0.744 bits per heavy atom. The van der Waals surface area contributed by atoms with Crippen LogP contribution in [0.5, 0.6) is 0 Å². The Morgan fingerprint density at radius 2 is 1.54 bits per heavy atom. The number of fused-ring (bicyclic) bond motifs is 3. The molecule has 0 aliphatic rings. The summed E-state index contributed by atoms with van der Waals surface area (Å²) in [5.41, 5.74) is 6.99. The fourth-order valence-corrected chi connectivity index (χ4v) is 5.56. The number of hydrogen-bond acceptors (Lipinski definition) is 3. The Balaban J connectivity index is 0.000000228. The minimum atomic E-state index is -1.38. The number of rotatable bonds is 4. The largest absolute Gasteiger partial charge is 0.501 e. The third kappa shape index (κ3) is 6.44. The average molecular weight is 705 g/mol. The van der Waals surface area contributed by atoms with E-state index < -0.39 is 8.07 Å². The van der Waals surface area contributed by atoms with Crippen LogP contribution >= 0.6 is 0 Å². The van der Waals surface area contributed by atoms with Crippen LogP contribution in [0.4, 0.5) is 0 Å². The van der Waals surface area contributed by atoms with Gasteiger partial charge in [-0.2, -0.15) is 0 Å². The molecule has 0 saturated heterocycles. The fourth-order valence-electron chi connectivity index (χ4n) is 4.42. The Bertz CT molecular complexity index is 1640. The molecule has 0 amide bonds. The van der Waals surface area contributed by atoms with E-state index in [1.807, 2.05) is 54.7 Å². The van der Waals surface area contributed by atoms with E-state index >= 15 is 0 Å². The molecule has 39 heavy (non-hydrogen) atoms. The smallest absolute Gasteiger partial charge is 0.120 e. The van der Waals surface area contributed by atoms with E-state index in [0.29, 0.717) is 5.92 Å². The van der Waals surface area contributed by atoms with Crippen LogP contribution in [0, 0.1) is 12.1 Å². The van der Waals surface area contributed by atoms with Crippen LogP contribution in [0.2, 0.25) is 19.6 Å². The number of aromatic nitrogens is 2. The topological polar surface area (TPSA) is 38.9 Å². The van der Waals surface area contributed by atoms with Crippen LogP contribution in [0.1, 0.15) is 25.3 Å². The van der Waals surface area contributed by atoms with Gasteiger partial charge in [0.05, 0.1) is 13.7 Å². The summed E-state index contributed by atoms with van der Waals surface area (Å²) in [6.07, 6.45) is 3.67. The Hall–Kier alpha value is -3.37. The molecule has 0 bridgehead atoms. The first-order valence-corrected chi connectivity index (χ1v) is 16.5. The van der Waals surface area contributed by atoms with Crippen molar-refractivity contribution >= 4 is 35.2 Å². The first kappa shape index (κ1) is 28.6. The van der Waals surface area contributed by atoms with Crippen molar-refractivity contribution < 1.29 is 24.5 Å². The van der Waals surface area contributed by atoms with Gasteiger partial charge in [0.25, 0.3) is 0 Å². The molecule has 199 valence electrons. The van der Waals surface area contributed by atoms with Gasteiger partial charge >= 0.3 is 0 Å². The molecule has 0 saturated carbocycles.